The summed E-state index contributed by atoms with van der Waals surface area (Å²) in [6.45, 7) is 0.127. The summed E-state index contributed by atoms with van der Waals surface area (Å²) in [6, 6.07) is 8.80. The maximum Gasteiger partial charge on any atom is 0.349 e. The number of piperidine rings is 1. The van der Waals surface area contributed by atoms with Crippen molar-refractivity contribution in [2.45, 2.75) is 35.5 Å². The van der Waals surface area contributed by atoms with Crippen LogP contribution in [0, 0.1) is 0 Å². The fourth-order valence-electron chi connectivity index (χ4n) is 4.96. The minimum Gasteiger partial charge on any atom is -0.352 e. The molecule has 1 N–H and O–H groups in total. The Kier molecular flexibility index (Phi) is 6.86. The molecule has 1 fully saturated rings. The predicted molar refractivity (Wildman–Crippen MR) is 147 cm³/mol. The lowest BCUT2D eigenvalue weighted by Crippen LogP contribution is -2.62. The molecule has 0 spiro atoms. The minimum absolute atomic E-state index is 0.127. The summed E-state index contributed by atoms with van der Waals surface area (Å²) in [5, 5.41) is 1.78. The topological polar surface area (TPSA) is 86.8 Å². The summed E-state index contributed by atoms with van der Waals surface area (Å²) < 4.78 is 29.4. The summed E-state index contributed by atoms with van der Waals surface area (Å²) in [5.41, 5.74) is 1.07. The van der Waals surface area contributed by atoms with Gasteiger partial charge >= 0.3 is 5.92 Å². The third-order valence-corrected chi connectivity index (χ3v) is 7.94. The van der Waals surface area contributed by atoms with Gasteiger partial charge in [-0.2, -0.15) is 8.78 Å². The Hall–Kier alpha value is -3.01. The van der Waals surface area contributed by atoms with Gasteiger partial charge in [0, 0.05) is 28.6 Å². The van der Waals surface area contributed by atoms with Gasteiger partial charge in [-0.1, -0.05) is 35.9 Å². The second kappa shape index (κ2) is 9.38. The maximum atomic E-state index is 14.7. The first-order valence-electron chi connectivity index (χ1n) is 11.9. The van der Waals surface area contributed by atoms with Gasteiger partial charge in [0.2, 0.25) is 19.8 Å². The SMILES string of the molecule is BC(NC(=O)C(F)(F)c1ccc(Cl)cc1)c1ccc2c(c1)CN(C1C(=O)N(B)C(=O)C(B)(B)C1B)C2=O. The van der Waals surface area contributed by atoms with E-state index in [1.54, 1.807) is 49.6 Å². The molecule has 3 atom stereocenters. The summed E-state index contributed by atoms with van der Waals surface area (Å²) in [5.74, 6) is -7.51. The van der Waals surface area contributed by atoms with Crippen molar-refractivity contribution in [3.8, 4) is 0 Å². The number of imide groups is 1. The molecule has 186 valence electrons. The molecule has 3 unspecified atom stereocenters. The number of rotatable bonds is 5. The van der Waals surface area contributed by atoms with Crippen LogP contribution in [0.1, 0.15) is 33.0 Å². The van der Waals surface area contributed by atoms with Crippen molar-refractivity contribution in [1.82, 2.24) is 15.0 Å². The number of amides is 4. The number of benzene rings is 2. The first-order chi connectivity index (χ1) is 17.2. The molecule has 0 bridgehead atoms. The summed E-state index contributed by atoms with van der Waals surface area (Å²) in [4.78, 5) is 53.9. The van der Waals surface area contributed by atoms with E-state index in [2.05, 4.69) is 5.32 Å². The smallest absolute Gasteiger partial charge is 0.349 e. The molecular weight excluding hydrogens is 498 g/mol. The Labute approximate surface area is 222 Å². The molecule has 4 amide bonds. The normalized spacial score (nSPS) is 22.1. The average Bonchev–Trinajstić information content (AvgIpc) is 3.17. The van der Waals surface area contributed by atoms with Gasteiger partial charge in [0.05, 0.1) is 0 Å². The Morgan fingerprint density at radius 2 is 1.76 bits per heavy atom. The highest BCUT2D eigenvalue weighted by Gasteiger charge is 2.53. The van der Waals surface area contributed by atoms with Crippen molar-refractivity contribution in [1.29, 1.82) is 0 Å². The summed E-state index contributed by atoms with van der Waals surface area (Å²) in [6.07, 6.45) is 0. The van der Waals surface area contributed by atoms with Crippen LogP contribution >= 0.6 is 11.6 Å². The van der Waals surface area contributed by atoms with Crippen molar-refractivity contribution < 1.29 is 28.0 Å². The van der Waals surface area contributed by atoms with Crippen LogP contribution in [0.3, 0.4) is 0 Å². The Balaban J connectivity index is 1.54. The van der Waals surface area contributed by atoms with Gasteiger partial charge in [-0.3, -0.25) is 19.2 Å². The fraction of sp³-hybridized carbons (Fsp3) is 0.273. The first-order valence-corrected chi connectivity index (χ1v) is 12.3. The van der Waals surface area contributed by atoms with Gasteiger partial charge in [-0.15, -0.1) is 0 Å². The molecular formula is C22H23B5ClF2N3O4. The monoisotopic (exact) mass is 521 g/mol. The van der Waals surface area contributed by atoms with Crippen molar-refractivity contribution in [3.05, 3.63) is 69.7 Å². The Morgan fingerprint density at radius 3 is 2.38 bits per heavy atom. The molecule has 2 aromatic rings. The Bertz CT molecular complexity index is 1310. The van der Waals surface area contributed by atoms with E-state index >= 15 is 0 Å². The number of nitrogens with zero attached hydrogens (tertiary/aromatic N) is 2. The molecule has 0 radical (unpaired) electrons. The largest absolute Gasteiger partial charge is 0.352 e. The van der Waals surface area contributed by atoms with Gasteiger partial charge in [-0.05, 0) is 40.4 Å². The highest BCUT2D eigenvalue weighted by molar-refractivity contribution is 6.57. The summed E-state index contributed by atoms with van der Waals surface area (Å²) >= 11 is 5.76. The third-order valence-electron chi connectivity index (χ3n) is 7.69. The molecule has 2 aromatic carbocycles. The molecule has 2 heterocycles. The molecule has 15 heteroatoms. The standard InChI is InChI=1S/C22H23B5ClF2N3O4/c23-15-14(18(35)33(27)20(37)21(15,25)26)32-8-10-7-9(1-6-13(10)17(32)34)16(24)31-19(36)22(29,30)11-2-4-12(28)5-3-11/h1-7,14-16H,8,23-27H2,(H,31,36). The van der Waals surface area contributed by atoms with Crippen LogP contribution in [0.5, 0.6) is 0 Å². The third kappa shape index (κ3) is 4.49. The number of fused-ring (bicyclic) bond motifs is 1. The van der Waals surface area contributed by atoms with E-state index in [0.29, 0.717) is 16.7 Å². The number of halogens is 3. The van der Waals surface area contributed by atoms with E-state index in [1.165, 1.54) is 25.0 Å². The van der Waals surface area contributed by atoms with Crippen molar-refractivity contribution in [2.75, 3.05) is 0 Å². The van der Waals surface area contributed by atoms with Crippen molar-refractivity contribution >= 4 is 74.6 Å². The second-order valence-corrected chi connectivity index (χ2v) is 10.7. The molecule has 2 aliphatic heterocycles. The van der Waals surface area contributed by atoms with Gasteiger partial charge in [-0.25, -0.2) is 0 Å². The zero-order valence-corrected chi connectivity index (χ0v) is 21.9. The van der Waals surface area contributed by atoms with Gasteiger partial charge < -0.3 is 15.0 Å². The number of alkyl halides is 2. The van der Waals surface area contributed by atoms with Crippen LogP contribution < -0.4 is 5.32 Å². The van der Waals surface area contributed by atoms with Crippen LogP contribution in [0.25, 0.3) is 0 Å². The van der Waals surface area contributed by atoms with Crippen LogP contribution in [0.15, 0.2) is 42.5 Å². The average molecular weight is 521 g/mol. The highest BCUT2D eigenvalue weighted by atomic mass is 35.5. The van der Waals surface area contributed by atoms with E-state index in [4.69, 9.17) is 11.6 Å². The predicted octanol–water partition coefficient (Wildman–Crippen LogP) is -2.07. The lowest BCUT2D eigenvalue weighted by molar-refractivity contribution is -0.147. The second-order valence-electron chi connectivity index (χ2n) is 10.3. The number of hydrogen-bond donors (Lipinski definition) is 1. The lowest BCUT2D eigenvalue weighted by atomic mass is 9.40. The van der Waals surface area contributed by atoms with Crippen LogP contribution in [0.4, 0.5) is 8.78 Å². The van der Waals surface area contributed by atoms with E-state index in [-0.39, 0.29) is 23.4 Å². The van der Waals surface area contributed by atoms with Crippen molar-refractivity contribution in [3.63, 3.8) is 0 Å². The van der Waals surface area contributed by atoms with Crippen LogP contribution in [0.2, 0.25) is 16.1 Å². The number of nitrogens with one attached hydrogen (secondary N) is 1. The van der Waals surface area contributed by atoms with Gasteiger partial charge in [0.1, 0.15) is 37.4 Å². The van der Waals surface area contributed by atoms with Crippen molar-refractivity contribution in [2.24, 2.45) is 0 Å². The van der Waals surface area contributed by atoms with E-state index in [9.17, 15) is 28.0 Å². The van der Waals surface area contributed by atoms with Crippen LogP contribution in [-0.2, 0) is 26.9 Å². The number of carbonyl (C=O) groups excluding carboxylic acids is 4. The first kappa shape index (κ1) is 27.0. The molecule has 4 rings (SSSR count). The molecule has 0 saturated carbocycles. The molecule has 7 nitrogen and oxygen atoms in total. The quantitative estimate of drug-likeness (QED) is 0.362. The summed E-state index contributed by atoms with van der Waals surface area (Å²) in [7, 11) is 8.29. The van der Waals surface area contributed by atoms with E-state index < -0.39 is 46.3 Å². The Morgan fingerprint density at radius 1 is 1.14 bits per heavy atom. The number of hydrogen-bond acceptors (Lipinski definition) is 4. The van der Waals surface area contributed by atoms with Gasteiger partial charge in [0.25, 0.3) is 11.8 Å². The fourth-order valence-corrected chi connectivity index (χ4v) is 5.08. The minimum atomic E-state index is -3.77. The van der Waals surface area contributed by atoms with E-state index in [1.807, 2.05) is 0 Å². The molecule has 37 heavy (non-hydrogen) atoms. The zero-order valence-electron chi connectivity index (χ0n) is 21.1. The van der Waals surface area contributed by atoms with Crippen LogP contribution in [-0.4, -0.2) is 78.7 Å². The molecule has 0 aliphatic carbocycles. The van der Waals surface area contributed by atoms with E-state index in [0.717, 1.165) is 16.9 Å². The molecule has 2 aliphatic rings. The maximum absolute atomic E-state index is 14.7. The number of carbonyl (C=O) groups is 4. The lowest BCUT2D eigenvalue weighted by Gasteiger charge is -2.47. The molecule has 0 aromatic heterocycles. The molecule has 1 saturated heterocycles. The van der Waals surface area contributed by atoms with Gasteiger partial charge in [0.15, 0.2) is 0 Å². The highest BCUT2D eigenvalue weighted by Crippen LogP contribution is 2.44. The zero-order chi connectivity index (χ0) is 27.4.